The standard InChI is InChI=1S/C5N2S2/c6-1-4-5(2-7)9-3-8-4. The lowest BCUT2D eigenvalue weighted by Gasteiger charge is -1.78. The van der Waals surface area contributed by atoms with Crippen LogP contribution in [0.4, 0.5) is 0 Å². The summed E-state index contributed by atoms with van der Waals surface area (Å²) in [5, 5.41) is 19.4. The monoisotopic (exact) mass is 152 g/mol. The smallest absolute Gasteiger partial charge is 0.125 e. The zero-order valence-corrected chi connectivity index (χ0v) is 5.84. The maximum absolute atomic E-state index is 8.33. The first kappa shape index (κ1) is 6.54. The fourth-order valence-electron chi connectivity index (χ4n) is 0.344. The van der Waals surface area contributed by atoms with Crippen LogP contribution in [0.25, 0.3) is 0 Å². The predicted octanol–water partition coefficient (Wildman–Crippen LogP) is 1.72. The molecular weight excluding hydrogens is 152 g/mol. The minimum Gasteiger partial charge on any atom is -0.192 e. The third kappa shape index (κ3) is 1.21. The molecule has 0 aliphatic carbocycles. The molecule has 2 radical (unpaired) electrons. The van der Waals surface area contributed by atoms with Gasteiger partial charge in [0.1, 0.15) is 27.0 Å². The van der Waals surface area contributed by atoms with Crippen LogP contribution in [0, 0.1) is 27.7 Å². The first-order valence-corrected chi connectivity index (χ1v) is 3.65. The van der Waals surface area contributed by atoms with Crippen molar-refractivity contribution in [2.45, 2.75) is 0 Å². The molecule has 42 valence electrons. The Labute approximate surface area is 61.5 Å². The van der Waals surface area contributed by atoms with Crippen molar-refractivity contribution in [1.82, 2.24) is 0 Å². The molecule has 0 aromatic rings. The first-order valence-electron chi connectivity index (χ1n) is 2.01. The molecule has 0 aromatic heterocycles. The molecule has 1 rings (SSSR count). The molecule has 0 unspecified atom stereocenters. The van der Waals surface area contributed by atoms with Crippen molar-refractivity contribution in [3.8, 4) is 12.1 Å². The molecule has 0 aromatic carbocycles. The van der Waals surface area contributed by atoms with E-state index in [0.717, 1.165) is 0 Å². The lowest BCUT2D eigenvalue weighted by Crippen LogP contribution is -1.66. The van der Waals surface area contributed by atoms with Crippen molar-refractivity contribution in [2.75, 3.05) is 0 Å². The third-order valence-electron chi connectivity index (χ3n) is 0.697. The van der Waals surface area contributed by atoms with Crippen molar-refractivity contribution in [1.29, 1.82) is 10.5 Å². The maximum atomic E-state index is 8.33. The molecule has 0 atom stereocenters. The third-order valence-corrected chi connectivity index (χ3v) is 2.49. The molecule has 1 aliphatic rings. The number of hydrogen-bond donors (Lipinski definition) is 0. The van der Waals surface area contributed by atoms with Gasteiger partial charge in [-0.1, -0.05) is 23.5 Å². The second kappa shape index (κ2) is 2.82. The van der Waals surface area contributed by atoms with E-state index in [1.54, 1.807) is 0 Å². The zero-order valence-electron chi connectivity index (χ0n) is 4.21. The molecule has 4 heteroatoms. The SMILES string of the molecule is N#CC1=C(C#N)S[C]S1. The van der Waals surface area contributed by atoms with Crippen molar-refractivity contribution >= 4 is 23.5 Å². The maximum Gasteiger partial charge on any atom is 0.125 e. The van der Waals surface area contributed by atoms with E-state index in [2.05, 4.69) is 5.08 Å². The van der Waals surface area contributed by atoms with Gasteiger partial charge in [-0.2, -0.15) is 10.5 Å². The number of nitrogens with zero attached hydrogens (tertiary/aromatic N) is 2. The van der Waals surface area contributed by atoms with Gasteiger partial charge in [0.25, 0.3) is 0 Å². The van der Waals surface area contributed by atoms with Gasteiger partial charge in [0.15, 0.2) is 0 Å². The summed E-state index contributed by atoms with van der Waals surface area (Å²) in [5.41, 5.74) is 0. The van der Waals surface area contributed by atoms with Crippen molar-refractivity contribution in [3.63, 3.8) is 0 Å². The van der Waals surface area contributed by atoms with E-state index >= 15 is 0 Å². The van der Waals surface area contributed by atoms with Gasteiger partial charge in [-0.15, -0.1) is 0 Å². The van der Waals surface area contributed by atoms with Crippen LogP contribution in [0.15, 0.2) is 9.81 Å². The largest absolute Gasteiger partial charge is 0.192 e. The van der Waals surface area contributed by atoms with Crippen LogP contribution in [0.1, 0.15) is 0 Å². The summed E-state index contributed by atoms with van der Waals surface area (Å²) in [4.78, 5) is 0.921. The highest BCUT2D eigenvalue weighted by molar-refractivity contribution is 8.26. The van der Waals surface area contributed by atoms with Crippen LogP contribution in [0.3, 0.4) is 0 Å². The van der Waals surface area contributed by atoms with E-state index in [4.69, 9.17) is 10.5 Å². The average Bonchev–Trinajstić information content (AvgIpc) is 2.33. The van der Waals surface area contributed by atoms with Gasteiger partial charge >= 0.3 is 0 Å². The van der Waals surface area contributed by atoms with Crippen molar-refractivity contribution in [3.05, 3.63) is 14.9 Å². The van der Waals surface area contributed by atoms with Gasteiger partial charge in [-0.05, 0) is 0 Å². The van der Waals surface area contributed by atoms with Gasteiger partial charge < -0.3 is 0 Å². The van der Waals surface area contributed by atoms with Crippen LogP contribution < -0.4 is 0 Å². The number of thioether (sulfide) groups is 2. The Bertz CT molecular complexity index is 206. The Morgan fingerprint density at radius 3 is 1.89 bits per heavy atom. The molecular formula is C5N2S2. The Morgan fingerprint density at radius 2 is 1.56 bits per heavy atom. The van der Waals surface area contributed by atoms with Gasteiger partial charge in [0.2, 0.25) is 0 Å². The highest BCUT2D eigenvalue weighted by Gasteiger charge is 2.15. The topological polar surface area (TPSA) is 47.6 Å². The Balaban J connectivity index is 2.90. The number of allylic oxidation sites excluding steroid dienone is 2. The summed E-state index contributed by atoms with van der Waals surface area (Å²) in [6, 6.07) is 3.80. The minimum atomic E-state index is 0.461. The van der Waals surface area contributed by atoms with E-state index in [-0.39, 0.29) is 0 Å². The number of rotatable bonds is 0. The number of nitriles is 2. The number of hydrogen-bond acceptors (Lipinski definition) is 4. The van der Waals surface area contributed by atoms with Crippen LogP contribution in [-0.2, 0) is 0 Å². The van der Waals surface area contributed by atoms with E-state index in [9.17, 15) is 0 Å². The summed E-state index contributed by atoms with van der Waals surface area (Å²) in [6.07, 6.45) is 0. The van der Waals surface area contributed by atoms with Gasteiger partial charge in [-0.25, -0.2) is 0 Å². The van der Waals surface area contributed by atoms with Crippen LogP contribution in [-0.4, -0.2) is 0 Å². The predicted molar refractivity (Wildman–Crippen MR) is 36.7 cm³/mol. The molecule has 0 fully saturated rings. The first-order chi connectivity index (χ1) is 4.38. The Kier molecular flexibility index (Phi) is 2.05. The summed E-state index contributed by atoms with van der Waals surface area (Å²) in [6.45, 7) is 0. The molecule has 0 amide bonds. The van der Waals surface area contributed by atoms with Crippen molar-refractivity contribution in [2.24, 2.45) is 0 Å². The van der Waals surface area contributed by atoms with Gasteiger partial charge in [0.05, 0.1) is 0 Å². The van der Waals surface area contributed by atoms with Crippen LogP contribution in [0.2, 0.25) is 0 Å². The fourth-order valence-corrected chi connectivity index (χ4v) is 1.80. The van der Waals surface area contributed by atoms with Crippen molar-refractivity contribution < 1.29 is 0 Å². The van der Waals surface area contributed by atoms with E-state index in [1.165, 1.54) is 23.5 Å². The normalized spacial score (nSPS) is 17.1. The van der Waals surface area contributed by atoms with Gasteiger partial charge in [0, 0.05) is 0 Å². The molecule has 9 heavy (non-hydrogen) atoms. The lowest BCUT2D eigenvalue weighted by atomic mass is 10.5. The van der Waals surface area contributed by atoms with E-state index < -0.39 is 0 Å². The van der Waals surface area contributed by atoms with Crippen LogP contribution in [0.5, 0.6) is 0 Å². The zero-order chi connectivity index (χ0) is 6.69. The quantitative estimate of drug-likeness (QED) is 0.530. The molecule has 0 saturated carbocycles. The summed E-state index contributed by atoms with van der Waals surface area (Å²) >= 11 is 2.37. The lowest BCUT2D eigenvalue weighted by molar-refractivity contribution is 1.50. The highest BCUT2D eigenvalue weighted by Crippen LogP contribution is 2.41. The van der Waals surface area contributed by atoms with E-state index in [1.807, 2.05) is 12.1 Å². The summed E-state index contributed by atoms with van der Waals surface area (Å²) in [5.74, 6) is 0. The second-order valence-electron chi connectivity index (χ2n) is 1.17. The van der Waals surface area contributed by atoms with Crippen LogP contribution >= 0.6 is 23.5 Å². The molecule has 0 bridgehead atoms. The minimum absolute atomic E-state index is 0.461. The molecule has 1 heterocycles. The fraction of sp³-hybridized carbons (Fsp3) is 0. The summed E-state index contributed by atoms with van der Waals surface area (Å²) < 4.78 is 0. The highest BCUT2D eigenvalue weighted by atomic mass is 32.2. The molecule has 2 nitrogen and oxygen atoms in total. The average molecular weight is 152 g/mol. The molecule has 0 N–H and O–H groups in total. The molecule has 1 aliphatic heterocycles. The Morgan fingerprint density at radius 1 is 1.11 bits per heavy atom. The molecule has 0 spiro atoms. The Hall–Kier alpha value is -0.580. The molecule has 0 saturated heterocycles. The van der Waals surface area contributed by atoms with Gasteiger partial charge in [-0.3, -0.25) is 0 Å². The summed E-state index contributed by atoms with van der Waals surface area (Å²) in [7, 11) is 0. The second-order valence-corrected chi connectivity index (χ2v) is 3.06. The van der Waals surface area contributed by atoms with E-state index in [0.29, 0.717) is 9.81 Å².